The van der Waals surface area contributed by atoms with Crippen molar-refractivity contribution in [1.29, 1.82) is 0 Å². The molecule has 1 N–H and O–H groups in total. The van der Waals surface area contributed by atoms with Gasteiger partial charge in [-0.05, 0) is 90.1 Å². The number of Topliss-reactive ketones (excluding diaryl/α,β-unsaturated/α-hetero) is 2. The van der Waals surface area contributed by atoms with E-state index in [1.54, 1.807) is 0 Å². The first-order chi connectivity index (χ1) is 19.7. The summed E-state index contributed by atoms with van der Waals surface area (Å²) < 4.78 is 0. The van der Waals surface area contributed by atoms with Gasteiger partial charge in [0.2, 0.25) is 5.91 Å². The zero-order valence-electron chi connectivity index (χ0n) is 25.1. The van der Waals surface area contributed by atoms with E-state index in [4.69, 9.17) is 0 Å². The second kappa shape index (κ2) is 11.2. The number of carbonyl (C=O) groups excluding carboxylic acids is 3. The molecule has 9 atom stereocenters. The first kappa shape index (κ1) is 28.4. The second-order valence-electron chi connectivity index (χ2n) is 14.5. The highest BCUT2D eigenvalue weighted by atomic mass is 16.2. The molecule has 4 heteroatoms. The molecule has 1 amide bonds. The van der Waals surface area contributed by atoms with Crippen molar-refractivity contribution < 1.29 is 14.4 Å². The van der Waals surface area contributed by atoms with Crippen molar-refractivity contribution in [3.8, 4) is 0 Å². The number of ketones is 2. The van der Waals surface area contributed by atoms with Gasteiger partial charge in [-0.15, -0.1) is 0 Å². The van der Waals surface area contributed by atoms with Crippen molar-refractivity contribution in [2.24, 2.45) is 46.3 Å². The minimum absolute atomic E-state index is 0.0587. The molecular weight excluding hydrogens is 506 g/mol. The van der Waals surface area contributed by atoms with E-state index in [1.807, 2.05) is 24.3 Å². The molecule has 218 valence electrons. The first-order valence-corrected chi connectivity index (χ1v) is 16.1. The summed E-state index contributed by atoms with van der Waals surface area (Å²) in [7, 11) is 0. The molecule has 6 rings (SSSR count). The summed E-state index contributed by atoms with van der Waals surface area (Å²) in [6.07, 6.45) is 8.58. The number of amides is 1. The van der Waals surface area contributed by atoms with Gasteiger partial charge in [-0.3, -0.25) is 14.4 Å². The van der Waals surface area contributed by atoms with Gasteiger partial charge < -0.3 is 5.32 Å². The van der Waals surface area contributed by atoms with Crippen LogP contribution in [0, 0.1) is 46.3 Å². The lowest BCUT2D eigenvalue weighted by Gasteiger charge is -2.59. The van der Waals surface area contributed by atoms with Crippen LogP contribution in [0.2, 0.25) is 0 Å². The van der Waals surface area contributed by atoms with Crippen LogP contribution in [-0.2, 0) is 20.8 Å². The van der Waals surface area contributed by atoms with E-state index in [-0.39, 0.29) is 40.5 Å². The fourth-order valence-corrected chi connectivity index (χ4v) is 10.2. The number of carbonyl (C=O) groups is 3. The highest BCUT2D eigenvalue weighted by Crippen LogP contribution is 2.67. The lowest BCUT2D eigenvalue weighted by molar-refractivity contribution is -0.159. The molecule has 0 spiro atoms. The topological polar surface area (TPSA) is 63.2 Å². The zero-order chi connectivity index (χ0) is 28.8. The maximum absolute atomic E-state index is 13.7. The molecule has 4 fully saturated rings. The maximum Gasteiger partial charge on any atom is 0.220 e. The quantitative estimate of drug-likeness (QED) is 0.386. The molecule has 2 aromatic rings. The number of hydrogen-bond donors (Lipinski definition) is 1. The lowest BCUT2D eigenvalue weighted by atomic mass is 9.44. The smallest absolute Gasteiger partial charge is 0.220 e. The molecule has 41 heavy (non-hydrogen) atoms. The number of fused-ring (bicyclic) bond motifs is 5. The summed E-state index contributed by atoms with van der Waals surface area (Å²) in [4.78, 5) is 39.5. The molecule has 4 nitrogen and oxygen atoms in total. The summed E-state index contributed by atoms with van der Waals surface area (Å²) in [6.45, 7) is 7.11. The van der Waals surface area contributed by atoms with E-state index in [2.05, 4.69) is 62.5 Å². The maximum atomic E-state index is 13.7. The summed E-state index contributed by atoms with van der Waals surface area (Å²) in [6, 6.07) is 20.6. The van der Waals surface area contributed by atoms with Crippen LogP contribution in [0.5, 0.6) is 0 Å². The van der Waals surface area contributed by atoms with E-state index in [1.165, 1.54) is 5.56 Å². The lowest BCUT2D eigenvalue weighted by Crippen LogP contribution is -2.57. The summed E-state index contributed by atoms with van der Waals surface area (Å²) in [5.74, 6) is 2.85. The van der Waals surface area contributed by atoms with Crippen LogP contribution >= 0.6 is 0 Å². The van der Waals surface area contributed by atoms with Crippen LogP contribution in [0.4, 0.5) is 0 Å². The predicted octanol–water partition coefficient (Wildman–Crippen LogP) is 7.52. The average molecular weight is 554 g/mol. The third kappa shape index (κ3) is 5.21. The van der Waals surface area contributed by atoms with Crippen molar-refractivity contribution in [3.63, 3.8) is 0 Å². The Morgan fingerprint density at radius 1 is 0.878 bits per heavy atom. The molecular formula is C37H47NO3. The molecule has 4 aliphatic rings. The summed E-state index contributed by atoms with van der Waals surface area (Å²) in [5, 5.41) is 3.39. The Hall–Kier alpha value is -2.75. The van der Waals surface area contributed by atoms with Crippen molar-refractivity contribution >= 4 is 17.5 Å². The Morgan fingerprint density at radius 2 is 1.56 bits per heavy atom. The monoisotopic (exact) mass is 553 g/mol. The van der Waals surface area contributed by atoms with Gasteiger partial charge >= 0.3 is 0 Å². The Morgan fingerprint density at radius 3 is 2.29 bits per heavy atom. The number of benzene rings is 2. The number of rotatable bonds is 7. The van der Waals surface area contributed by atoms with Crippen molar-refractivity contribution in [1.82, 2.24) is 5.32 Å². The molecule has 0 aliphatic heterocycles. The van der Waals surface area contributed by atoms with Gasteiger partial charge in [0, 0.05) is 31.6 Å². The van der Waals surface area contributed by atoms with Crippen molar-refractivity contribution in [2.75, 3.05) is 0 Å². The van der Waals surface area contributed by atoms with Crippen molar-refractivity contribution in [2.45, 2.75) is 91.0 Å². The Balaban J connectivity index is 1.15. The number of hydrogen-bond acceptors (Lipinski definition) is 3. The van der Waals surface area contributed by atoms with Crippen LogP contribution in [0.25, 0.3) is 0 Å². The highest BCUT2D eigenvalue weighted by molar-refractivity contribution is 5.86. The SMILES string of the molecule is C[C@H](CC(=O)NC(Cc1ccccc1)c1ccccc1)C1CC[C@H]2C3C(=O)CC4CC(=O)CCC4(C)[C@H]3CCC12C. The standard InChI is InChI=1S/C37H47NO3/c1-24(20-34(41)38-32(26-12-8-5-9-13-26)21-25-10-6-4-7-11-25)29-14-15-30-35-31(17-19-37(29,30)3)36(2)18-16-28(39)22-27(36)23-33(35)40/h4-13,24,27,29-32,35H,14-23H2,1-3H3,(H,38,41)/t24-,27?,29?,30+,31+,32?,35?,36?,37?/m1/s1. The van der Waals surface area contributed by atoms with Gasteiger partial charge in [0.25, 0.3) is 0 Å². The van der Waals surface area contributed by atoms with Crippen LogP contribution in [0.3, 0.4) is 0 Å². The van der Waals surface area contributed by atoms with E-state index in [9.17, 15) is 14.4 Å². The predicted molar refractivity (Wildman–Crippen MR) is 162 cm³/mol. The molecule has 0 heterocycles. The van der Waals surface area contributed by atoms with Crippen LogP contribution in [0.15, 0.2) is 60.7 Å². The third-order valence-electron chi connectivity index (χ3n) is 12.4. The highest BCUT2D eigenvalue weighted by Gasteiger charge is 2.63. The van der Waals surface area contributed by atoms with Crippen LogP contribution in [-0.4, -0.2) is 17.5 Å². The largest absolute Gasteiger partial charge is 0.349 e. The molecule has 4 aliphatic carbocycles. The van der Waals surface area contributed by atoms with Gasteiger partial charge in [0.1, 0.15) is 11.6 Å². The molecule has 0 saturated heterocycles. The normalized spacial score (nSPS) is 36.0. The van der Waals surface area contributed by atoms with Gasteiger partial charge in [-0.2, -0.15) is 0 Å². The molecule has 2 aromatic carbocycles. The molecule has 0 aromatic heterocycles. The van der Waals surface area contributed by atoms with Gasteiger partial charge in [-0.25, -0.2) is 0 Å². The fraction of sp³-hybridized carbons (Fsp3) is 0.595. The Labute approximate surface area is 246 Å². The summed E-state index contributed by atoms with van der Waals surface area (Å²) >= 11 is 0. The van der Waals surface area contributed by atoms with Gasteiger partial charge in [0.15, 0.2) is 0 Å². The molecule has 0 radical (unpaired) electrons. The fourth-order valence-electron chi connectivity index (χ4n) is 10.2. The summed E-state index contributed by atoms with van der Waals surface area (Å²) in [5.41, 5.74) is 2.58. The molecule has 0 bridgehead atoms. The van der Waals surface area contributed by atoms with E-state index >= 15 is 0 Å². The molecule has 6 unspecified atom stereocenters. The van der Waals surface area contributed by atoms with Gasteiger partial charge in [0.05, 0.1) is 6.04 Å². The first-order valence-electron chi connectivity index (χ1n) is 16.1. The van der Waals surface area contributed by atoms with E-state index in [0.29, 0.717) is 55.0 Å². The van der Waals surface area contributed by atoms with Crippen molar-refractivity contribution in [3.05, 3.63) is 71.8 Å². The second-order valence-corrected chi connectivity index (χ2v) is 14.5. The number of nitrogens with one attached hydrogen (secondary N) is 1. The van der Waals surface area contributed by atoms with Gasteiger partial charge in [-0.1, -0.05) is 81.4 Å². The third-order valence-corrected chi connectivity index (χ3v) is 12.4. The zero-order valence-corrected chi connectivity index (χ0v) is 25.1. The van der Waals surface area contributed by atoms with Crippen LogP contribution < -0.4 is 5.32 Å². The molecule has 4 saturated carbocycles. The van der Waals surface area contributed by atoms with Crippen LogP contribution in [0.1, 0.15) is 95.7 Å². The minimum Gasteiger partial charge on any atom is -0.349 e. The Bertz CT molecular complexity index is 1270. The minimum atomic E-state index is -0.0587. The Kier molecular flexibility index (Phi) is 7.72. The van der Waals surface area contributed by atoms with E-state index in [0.717, 1.165) is 44.1 Å². The average Bonchev–Trinajstić information content (AvgIpc) is 3.32. The van der Waals surface area contributed by atoms with E-state index < -0.39 is 0 Å².